The summed E-state index contributed by atoms with van der Waals surface area (Å²) < 4.78 is 12.8. The normalized spacial score (nSPS) is 10.1. The number of hydrogen-bond donors (Lipinski definition) is 2. The Morgan fingerprint density at radius 2 is 1.60 bits per heavy atom. The molecule has 0 fully saturated rings. The minimum absolute atomic E-state index is 0.0815. The molecule has 2 aromatic carbocycles. The zero-order valence-electron chi connectivity index (χ0n) is 11.3. The maximum Gasteiger partial charge on any atom is 0.221 e. The fraction of sp³-hybridized carbons (Fsp3) is 0.188. The van der Waals surface area contributed by atoms with E-state index in [4.69, 9.17) is 0 Å². The Morgan fingerprint density at radius 1 is 1.00 bits per heavy atom. The van der Waals surface area contributed by atoms with Crippen molar-refractivity contribution in [2.75, 3.05) is 17.2 Å². The third kappa shape index (κ3) is 4.39. The minimum Gasteiger partial charge on any atom is -0.385 e. The lowest BCUT2D eigenvalue weighted by Gasteiger charge is -2.08. The summed E-state index contributed by atoms with van der Waals surface area (Å²) in [6.07, 6.45) is 0.827. The van der Waals surface area contributed by atoms with Crippen molar-refractivity contribution in [2.45, 2.75) is 13.3 Å². The maximum atomic E-state index is 12.8. The van der Waals surface area contributed by atoms with E-state index in [1.807, 2.05) is 24.3 Å². The Balaban J connectivity index is 1.82. The van der Waals surface area contributed by atoms with Crippen LogP contribution in [0.3, 0.4) is 0 Å². The molecule has 0 aliphatic carbocycles. The van der Waals surface area contributed by atoms with Gasteiger partial charge in [-0.15, -0.1) is 0 Å². The van der Waals surface area contributed by atoms with Gasteiger partial charge in [-0.3, -0.25) is 4.79 Å². The molecule has 0 aliphatic heterocycles. The Kier molecular flexibility index (Phi) is 4.71. The van der Waals surface area contributed by atoms with Crippen LogP contribution < -0.4 is 10.6 Å². The van der Waals surface area contributed by atoms with Crippen LogP contribution in [0.1, 0.15) is 12.5 Å². The summed E-state index contributed by atoms with van der Waals surface area (Å²) in [5, 5.41) is 6.00. The van der Waals surface area contributed by atoms with Gasteiger partial charge in [0, 0.05) is 24.8 Å². The van der Waals surface area contributed by atoms with Crippen molar-refractivity contribution in [3.05, 3.63) is 59.9 Å². The van der Waals surface area contributed by atoms with Gasteiger partial charge in [-0.1, -0.05) is 12.1 Å². The highest BCUT2D eigenvalue weighted by atomic mass is 19.1. The first-order chi connectivity index (χ1) is 9.63. The van der Waals surface area contributed by atoms with E-state index in [-0.39, 0.29) is 11.7 Å². The molecule has 2 N–H and O–H groups in total. The van der Waals surface area contributed by atoms with Gasteiger partial charge < -0.3 is 10.6 Å². The van der Waals surface area contributed by atoms with Gasteiger partial charge in [0.25, 0.3) is 0 Å². The highest BCUT2D eigenvalue weighted by Gasteiger charge is 1.97. The first-order valence-corrected chi connectivity index (χ1v) is 6.49. The number of carbonyl (C=O) groups is 1. The second-order valence-electron chi connectivity index (χ2n) is 4.56. The highest BCUT2D eigenvalue weighted by Crippen LogP contribution is 2.13. The molecule has 3 nitrogen and oxygen atoms in total. The molecular weight excluding hydrogens is 255 g/mol. The molecule has 4 heteroatoms. The van der Waals surface area contributed by atoms with Crippen LogP contribution in [0.2, 0.25) is 0 Å². The molecule has 0 heterocycles. The van der Waals surface area contributed by atoms with E-state index in [0.717, 1.165) is 29.9 Å². The van der Waals surface area contributed by atoms with Crippen LogP contribution in [0.4, 0.5) is 15.8 Å². The van der Waals surface area contributed by atoms with Gasteiger partial charge >= 0.3 is 0 Å². The van der Waals surface area contributed by atoms with Gasteiger partial charge in [-0.25, -0.2) is 4.39 Å². The van der Waals surface area contributed by atoms with Crippen molar-refractivity contribution < 1.29 is 9.18 Å². The van der Waals surface area contributed by atoms with Crippen molar-refractivity contribution in [3.8, 4) is 0 Å². The molecular formula is C16H17FN2O. The minimum atomic E-state index is -0.213. The molecule has 0 radical (unpaired) electrons. The van der Waals surface area contributed by atoms with Crippen molar-refractivity contribution in [1.82, 2.24) is 0 Å². The third-order valence-electron chi connectivity index (χ3n) is 2.86. The predicted molar refractivity (Wildman–Crippen MR) is 79.3 cm³/mol. The van der Waals surface area contributed by atoms with E-state index < -0.39 is 0 Å². The molecule has 0 saturated heterocycles. The van der Waals surface area contributed by atoms with Crippen LogP contribution in [0, 0.1) is 5.82 Å². The molecule has 1 amide bonds. The number of hydrogen-bond acceptors (Lipinski definition) is 2. The number of anilines is 2. The maximum absolute atomic E-state index is 12.8. The van der Waals surface area contributed by atoms with E-state index in [9.17, 15) is 9.18 Å². The highest BCUT2D eigenvalue weighted by molar-refractivity contribution is 5.88. The molecule has 0 aliphatic rings. The fourth-order valence-corrected chi connectivity index (χ4v) is 1.88. The van der Waals surface area contributed by atoms with Crippen LogP contribution in [0.25, 0.3) is 0 Å². The quantitative estimate of drug-likeness (QED) is 0.875. The van der Waals surface area contributed by atoms with Gasteiger partial charge in [0.1, 0.15) is 5.82 Å². The van der Waals surface area contributed by atoms with Crippen molar-refractivity contribution in [1.29, 1.82) is 0 Å². The molecule has 0 atom stereocenters. The summed E-state index contributed by atoms with van der Waals surface area (Å²) in [5.74, 6) is -0.294. The monoisotopic (exact) mass is 272 g/mol. The largest absolute Gasteiger partial charge is 0.385 e. The Bertz CT molecular complexity index is 564. The molecule has 0 bridgehead atoms. The van der Waals surface area contributed by atoms with Gasteiger partial charge in [0.05, 0.1) is 0 Å². The number of halogens is 1. The van der Waals surface area contributed by atoms with Crippen molar-refractivity contribution in [3.63, 3.8) is 0 Å². The second kappa shape index (κ2) is 6.70. The summed E-state index contributed by atoms with van der Waals surface area (Å²) in [7, 11) is 0. The number of rotatable bonds is 5. The second-order valence-corrected chi connectivity index (χ2v) is 4.56. The summed E-state index contributed by atoms with van der Waals surface area (Å²) in [4.78, 5) is 10.9. The Hall–Kier alpha value is -2.36. The Labute approximate surface area is 117 Å². The van der Waals surface area contributed by atoms with E-state index in [2.05, 4.69) is 10.6 Å². The molecule has 0 unspecified atom stereocenters. The standard InChI is InChI=1S/C16H17FN2O/c1-12(20)19-16-8-6-15(7-9-16)18-11-10-13-2-4-14(17)5-3-13/h2-9,18H,10-11H2,1H3,(H,19,20). The lowest BCUT2D eigenvalue weighted by atomic mass is 10.1. The van der Waals surface area contributed by atoms with Crippen molar-refractivity contribution >= 4 is 17.3 Å². The zero-order valence-corrected chi connectivity index (χ0v) is 11.3. The third-order valence-corrected chi connectivity index (χ3v) is 2.86. The van der Waals surface area contributed by atoms with Crippen LogP contribution in [-0.4, -0.2) is 12.5 Å². The smallest absolute Gasteiger partial charge is 0.221 e. The lowest BCUT2D eigenvalue weighted by molar-refractivity contribution is -0.114. The van der Waals surface area contributed by atoms with Crippen molar-refractivity contribution in [2.24, 2.45) is 0 Å². The number of nitrogens with one attached hydrogen (secondary N) is 2. The SMILES string of the molecule is CC(=O)Nc1ccc(NCCc2ccc(F)cc2)cc1. The van der Waals surface area contributed by atoms with Gasteiger partial charge in [0.2, 0.25) is 5.91 Å². The zero-order chi connectivity index (χ0) is 14.4. The Morgan fingerprint density at radius 3 is 2.20 bits per heavy atom. The summed E-state index contributed by atoms with van der Waals surface area (Å²) >= 11 is 0. The number of benzene rings is 2. The number of carbonyl (C=O) groups excluding carboxylic acids is 1. The van der Waals surface area contributed by atoms with Crippen LogP contribution >= 0.6 is 0 Å². The molecule has 0 aromatic heterocycles. The van der Waals surface area contributed by atoms with Gasteiger partial charge in [-0.2, -0.15) is 0 Å². The summed E-state index contributed by atoms with van der Waals surface area (Å²) in [5.41, 5.74) is 2.86. The lowest BCUT2D eigenvalue weighted by Crippen LogP contribution is -2.07. The molecule has 2 aromatic rings. The number of amides is 1. The van der Waals surface area contributed by atoms with E-state index in [1.165, 1.54) is 19.1 Å². The molecule has 20 heavy (non-hydrogen) atoms. The molecule has 104 valence electrons. The molecule has 2 rings (SSSR count). The van der Waals surface area contributed by atoms with E-state index in [1.54, 1.807) is 12.1 Å². The average Bonchev–Trinajstić information content (AvgIpc) is 2.42. The van der Waals surface area contributed by atoms with Crippen LogP contribution in [0.5, 0.6) is 0 Å². The fourth-order valence-electron chi connectivity index (χ4n) is 1.88. The van der Waals surface area contributed by atoms with E-state index >= 15 is 0 Å². The van der Waals surface area contributed by atoms with Gasteiger partial charge in [0.15, 0.2) is 0 Å². The topological polar surface area (TPSA) is 41.1 Å². The average molecular weight is 272 g/mol. The first kappa shape index (κ1) is 14.1. The molecule has 0 spiro atoms. The first-order valence-electron chi connectivity index (χ1n) is 6.49. The van der Waals surface area contributed by atoms with E-state index in [0.29, 0.717) is 0 Å². The summed E-state index contributed by atoms with van der Waals surface area (Å²) in [6.45, 7) is 2.25. The van der Waals surface area contributed by atoms with Gasteiger partial charge in [-0.05, 0) is 48.4 Å². The molecule has 0 saturated carbocycles. The summed E-state index contributed by atoms with van der Waals surface area (Å²) in [6, 6.07) is 14.0. The predicted octanol–water partition coefficient (Wildman–Crippen LogP) is 3.44. The van der Waals surface area contributed by atoms with Crippen LogP contribution in [0.15, 0.2) is 48.5 Å². The van der Waals surface area contributed by atoms with Crippen LogP contribution in [-0.2, 0) is 11.2 Å².